The highest BCUT2D eigenvalue weighted by Gasteiger charge is 2.15. The number of hydrogen-bond donors (Lipinski definition) is 2. The molecule has 0 unspecified atom stereocenters. The second kappa shape index (κ2) is 5.91. The molecule has 0 atom stereocenters. The maximum atomic E-state index is 12.5. The van der Waals surface area contributed by atoms with E-state index in [0.29, 0.717) is 23.4 Å². The SMILES string of the molecule is CCc1nnc(C)cc1C(=O)Nc1c(C)cc(N)cc1C. The fourth-order valence-corrected chi connectivity index (χ4v) is 2.35. The summed E-state index contributed by atoms with van der Waals surface area (Å²) in [4.78, 5) is 12.5. The van der Waals surface area contributed by atoms with E-state index in [1.54, 1.807) is 6.07 Å². The van der Waals surface area contributed by atoms with Crippen molar-refractivity contribution in [1.29, 1.82) is 0 Å². The zero-order chi connectivity index (χ0) is 15.6. The van der Waals surface area contributed by atoms with Crippen molar-refractivity contribution < 1.29 is 4.79 Å². The van der Waals surface area contributed by atoms with Gasteiger partial charge in [0, 0.05) is 11.4 Å². The van der Waals surface area contributed by atoms with Crippen molar-refractivity contribution >= 4 is 17.3 Å². The quantitative estimate of drug-likeness (QED) is 0.849. The Hall–Kier alpha value is -2.43. The largest absolute Gasteiger partial charge is 0.399 e. The molecule has 2 aromatic rings. The summed E-state index contributed by atoms with van der Waals surface area (Å²) < 4.78 is 0. The van der Waals surface area contributed by atoms with Gasteiger partial charge in [0.05, 0.1) is 17.0 Å². The van der Waals surface area contributed by atoms with Gasteiger partial charge in [-0.1, -0.05) is 6.92 Å². The minimum absolute atomic E-state index is 0.166. The Morgan fingerprint density at radius 1 is 1.14 bits per heavy atom. The molecule has 0 aliphatic carbocycles. The van der Waals surface area contributed by atoms with Gasteiger partial charge in [0.1, 0.15) is 0 Å². The molecule has 1 heterocycles. The van der Waals surface area contributed by atoms with Crippen molar-refractivity contribution in [3.63, 3.8) is 0 Å². The van der Waals surface area contributed by atoms with E-state index >= 15 is 0 Å². The van der Waals surface area contributed by atoms with Gasteiger partial charge in [-0.3, -0.25) is 4.79 Å². The molecule has 1 amide bonds. The molecule has 0 spiro atoms. The van der Waals surface area contributed by atoms with Crippen LogP contribution in [0.1, 0.15) is 39.8 Å². The monoisotopic (exact) mass is 284 g/mol. The molecular weight excluding hydrogens is 264 g/mol. The summed E-state index contributed by atoms with van der Waals surface area (Å²) in [5, 5.41) is 11.0. The van der Waals surface area contributed by atoms with Crippen LogP contribution >= 0.6 is 0 Å². The number of nitrogens with zero attached hydrogens (tertiary/aromatic N) is 2. The van der Waals surface area contributed by atoms with Crippen LogP contribution in [0.15, 0.2) is 18.2 Å². The summed E-state index contributed by atoms with van der Waals surface area (Å²) in [6, 6.07) is 5.46. The number of nitrogens with one attached hydrogen (secondary N) is 1. The van der Waals surface area contributed by atoms with Crippen molar-refractivity contribution in [2.24, 2.45) is 0 Å². The van der Waals surface area contributed by atoms with Crippen LogP contribution in [0.2, 0.25) is 0 Å². The van der Waals surface area contributed by atoms with Gasteiger partial charge < -0.3 is 11.1 Å². The zero-order valence-electron chi connectivity index (χ0n) is 12.8. The number of carbonyl (C=O) groups is 1. The number of rotatable bonds is 3. The highest BCUT2D eigenvalue weighted by atomic mass is 16.1. The number of carbonyl (C=O) groups excluding carboxylic acids is 1. The third-order valence-electron chi connectivity index (χ3n) is 3.37. The summed E-state index contributed by atoms with van der Waals surface area (Å²) in [7, 11) is 0. The van der Waals surface area contributed by atoms with Crippen molar-refractivity contribution in [3.05, 3.63) is 46.3 Å². The Balaban J connectivity index is 2.37. The normalized spacial score (nSPS) is 10.5. The molecule has 5 heteroatoms. The van der Waals surface area contributed by atoms with Gasteiger partial charge in [0.15, 0.2) is 0 Å². The predicted octanol–water partition coefficient (Wildman–Crippen LogP) is 2.80. The van der Waals surface area contributed by atoms with Crippen LogP contribution < -0.4 is 11.1 Å². The second-order valence-electron chi connectivity index (χ2n) is 5.18. The Morgan fingerprint density at radius 2 is 1.76 bits per heavy atom. The fraction of sp³-hybridized carbons (Fsp3) is 0.312. The van der Waals surface area contributed by atoms with E-state index in [4.69, 9.17) is 5.73 Å². The maximum Gasteiger partial charge on any atom is 0.257 e. The molecule has 1 aromatic carbocycles. The first-order valence-electron chi connectivity index (χ1n) is 6.93. The molecule has 21 heavy (non-hydrogen) atoms. The minimum Gasteiger partial charge on any atom is -0.399 e. The molecule has 1 aromatic heterocycles. The lowest BCUT2D eigenvalue weighted by molar-refractivity contribution is 0.102. The first kappa shape index (κ1) is 15.0. The second-order valence-corrected chi connectivity index (χ2v) is 5.18. The molecule has 0 saturated heterocycles. The topological polar surface area (TPSA) is 80.9 Å². The maximum absolute atomic E-state index is 12.5. The number of hydrogen-bond acceptors (Lipinski definition) is 4. The van der Waals surface area contributed by atoms with Crippen molar-refractivity contribution in [2.75, 3.05) is 11.1 Å². The zero-order valence-corrected chi connectivity index (χ0v) is 12.8. The summed E-state index contributed by atoms with van der Waals surface area (Å²) in [6.45, 7) is 7.63. The molecular formula is C16H20N4O. The molecule has 2 rings (SSSR count). The van der Waals surface area contributed by atoms with Gasteiger partial charge in [0.25, 0.3) is 5.91 Å². The summed E-state index contributed by atoms with van der Waals surface area (Å²) >= 11 is 0. The summed E-state index contributed by atoms with van der Waals surface area (Å²) in [6.07, 6.45) is 0.662. The lowest BCUT2D eigenvalue weighted by atomic mass is 10.1. The predicted molar refractivity (Wildman–Crippen MR) is 84.4 cm³/mol. The van der Waals surface area contributed by atoms with Crippen LogP contribution in [0, 0.1) is 20.8 Å². The average Bonchev–Trinajstić information content (AvgIpc) is 2.42. The van der Waals surface area contributed by atoms with E-state index in [-0.39, 0.29) is 5.91 Å². The Kier molecular flexibility index (Phi) is 4.21. The van der Waals surface area contributed by atoms with Crippen LogP contribution in [0.5, 0.6) is 0 Å². The number of amides is 1. The van der Waals surface area contributed by atoms with E-state index in [0.717, 1.165) is 22.5 Å². The van der Waals surface area contributed by atoms with Crippen LogP contribution in [0.4, 0.5) is 11.4 Å². The van der Waals surface area contributed by atoms with E-state index in [9.17, 15) is 4.79 Å². The third-order valence-corrected chi connectivity index (χ3v) is 3.37. The van der Waals surface area contributed by atoms with Gasteiger partial charge in [-0.25, -0.2) is 0 Å². The van der Waals surface area contributed by atoms with Crippen LogP contribution in [-0.2, 0) is 6.42 Å². The number of anilines is 2. The smallest absolute Gasteiger partial charge is 0.257 e. The number of nitrogens with two attached hydrogens (primary N) is 1. The molecule has 0 bridgehead atoms. The van der Waals surface area contributed by atoms with E-state index < -0.39 is 0 Å². The number of aryl methyl sites for hydroxylation is 4. The van der Waals surface area contributed by atoms with E-state index in [1.165, 1.54) is 0 Å². The number of nitrogen functional groups attached to an aromatic ring is 1. The highest BCUT2D eigenvalue weighted by molar-refractivity contribution is 6.06. The van der Waals surface area contributed by atoms with Crippen LogP contribution in [0.25, 0.3) is 0 Å². The van der Waals surface area contributed by atoms with Gasteiger partial charge in [-0.15, -0.1) is 0 Å². The van der Waals surface area contributed by atoms with Gasteiger partial charge in [0.2, 0.25) is 0 Å². The molecule has 110 valence electrons. The fourth-order valence-electron chi connectivity index (χ4n) is 2.35. The highest BCUT2D eigenvalue weighted by Crippen LogP contribution is 2.24. The molecule has 3 N–H and O–H groups in total. The minimum atomic E-state index is -0.166. The van der Waals surface area contributed by atoms with Crippen LogP contribution in [0.3, 0.4) is 0 Å². The summed E-state index contributed by atoms with van der Waals surface area (Å²) in [5.41, 5.74) is 11.2. The van der Waals surface area contributed by atoms with E-state index in [1.807, 2.05) is 39.8 Å². The Morgan fingerprint density at radius 3 is 2.33 bits per heavy atom. The molecule has 0 radical (unpaired) electrons. The Bertz CT molecular complexity index is 672. The standard InChI is InChI=1S/C16H20N4O/c1-5-14-13(8-11(4)19-20-14)16(21)18-15-9(2)6-12(17)7-10(15)3/h6-8H,5,17H2,1-4H3,(H,18,21). The first-order chi connectivity index (χ1) is 9.92. The lowest BCUT2D eigenvalue weighted by Crippen LogP contribution is -2.17. The van der Waals surface area contributed by atoms with Gasteiger partial charge >= 0.3 is 0 Å². The number of aromatic nitrogens is 2. The van der Waals surface area contributed by atoms with Gasteiger partial charge in [-0.2, -0.15) is 10.2 Å². The van der Waals surface area contributed by atoms with Crippen molar-refractivity contribution in [1.82, 2.24) is 10.2 Å². The first-order valence-corrected chi connectivity index (χ1v) is 6.93. The molecule has 0 aliphatic rings. The van der Waals surface area contributed by atoms with Crippen molar-refractivity contribution in [3.8, 4) is 0 Å². The van der Waals surface area contributed by atoms with Crippen molar-refractivity contribution in [2.45, 2.75) is 34.1 Å². The molecule has 0 aliphatic heterocycles. The van der Waals surface area contributed by atoms with E-state index in [2.05, 4.69) is 15.5 Å². The molecule has 0 saturated carbocycles. The molecule has 0 fully saturated rings. The average molecular weight is 284 g/mol. The van der Waals surface area contributed by atoms with Gasteiger partial charge in [-0.05, 0) is 56.5 Å². The third kappa shape index (κ3) is 3.18. The summed E-state index contributed by atoms with van der Waals surface area (Å²) in [5.74, 6) is -0.166. The number of benzene rings is 1. The molecule has 5 nitrogen and oxygen atoms in total. The van der Waals surface area contributed by atoms with Crippen LogP contribution in [-0.4, -0.2) is 16.1 Å². The lowest BCUT2D eigenvalue weighted by Gasteiger charge is -2.14. The Labute approximate surface area is 124 Å².